The van der Waals surface area contributed by atoms with Crippen LogP contribution in [0, 0.1) is 17.8 Å². The van der Waals surface area contributed by atoms with Crippen molar-refractivity contribution in [2.75, 3.05) is 13.2 Å². The Labute approximate surface area is 204 Å². The van der Waals surface area contributed by atoms with Crippen molar-refractivity contribution in [3.8, 4) is 11.1 Å². The predicted octanol–water partition coefficient (Wildman–Crippen LogP) is 4.09. The van der Waals surface area contributed by atoms with E-state index in [-0.39, 0.29) is 48.4 Å². The predicted molar refractivity (Wildman–Crippen MR) is 131 cm³/mol. The SMILES string of the molecule is C/C(=C\CNC(=O)C1C[C@H]2C[C@@H](NC(=O)OCC3c4ccccc4-c4ccccc43)[C@H]2C1)C(=O)O. The summed E-state index contributed by atoms with van der Waals surface area (Å²) < 4.78 is 5.68. The monoisotopic (exact) mass is 474 g/mol. The van der Waals surface area contributed by atoms with Crippen LogP contribution in [-0.4, -0.2) is 42.3 Å². The van der Waals surface area contributed by atoms with E-state index in [1.165, 1.54) is 35.3 Å². The molecule has 2 aromatic carbocycles. The Hall–Kier alpha value is -3.61. The number of carbonyl (C=O) groups is 3. The zero-order valence-corrected chi connectivity index (χ0v) is 19.7. The molecular weight excluding hydrogens is 444 g/mol. The molecule has 4 atom stereocenters. The Kier molecular flexibility index (Phi) is 6.32. The summed E-state index contributed by atoms with van der Waals surface area (Å²) in [6, 6.07) is 16.5. The molecule has 182 valence electrons. The zero-order chi connectivity index (χ0) is 24.5. The number of ether oxygens (including phenoxy) is 1. The quantitative estimate of drug-likeness (QED) is 0.525. The number of hydrogen-bond acceptors (Lipinski definition) is 4. The molecule has 7 nitrogen and oxygen atoms in total. The summed E-state index contributed by atoms with van der Waals surface area (Å²) in [7, 11) is 0. The molecule has 2 fully saturated rings. The van der Waals surface area contributed by atoms with E-state index in [4.69, 9.17) is 9.84 Å². The lowest BCUT2D eigenvalue weighted by atomic mass is 9.71. The molecule has 0 aliphatic heterocycles. The smallest absolute Gasteiger partial charge is 0.407 e. The number of rotatable bonds is 7. The first-order valence-electron chi connectivity index (χ1n) is 12.2. The van der Waals surface area contributed by atoms with Gasteiger partial charge in [-0.1, -0.05) is 54.6 Å². The van der Waals surface area contributed by atoms with Gasteiger partial charge in [0.2, 0.25) is 5.91 Å². The van der Waals surface area contributed by atoms with Gasteiger partial charge in [-0.3, -0.25) is 4.79 Å². The van der Waals surface area contributed by atoms with Gasteiger partial charge >= 0.3 is 12.1 Å². The highest BCUT2D eigenvalue weighted by Gasteiger charge is 2.50. The second-order valence-corrected chi connectivity index (χ2v) is 9.84. The summed E-state index contributed by atoms with van der Waals surface area (Å²) >= 11 is 0. The first kappa shape index (κ1) is 23.1. The number of carboxylic acid groups (broad SMARTS) is 1. The fourth-order valence-electron chi connectivity index (χ4n) is 5.93. The molecule has 5 rings (SSSR count). The highest BCUT2D eigenvalue weighted by Crippen LogP contribution is 2.50. The summed E-state index contributed by atoms with van der Waals surface area (Å²) in [5.74, 6) is -0.393. The number of fused-ring (bicyclic) bond motifs is 4. The molecule has 0 heterocycles. The zero-order valence-electron chi connectivity index (χ0n) is 19.7. The molecule has 7 heteroatoms. The number of alkyl carbamates (subject to hydrolysis) is 1. The average Bonchev–Trinajstić information content (AvgIpc) is 3.36. The Balaban J connectivity index is 1.11. The van der Waals surface area contributed by atoms with Crippen LogP contribution in [0.5, 0.6) is 0 Å². The molecule has 1 unspecified atom stereocenters. The molecule has 3 N–H and O–H groups in total. The first-order chi connectivity index (χ1) is 16.9. The van der Waals surface area contributed by atoms with Crippen molar-refractivity contribution in [2.45, 2.75) is 38.1 Å². The largest absolute Gasteiger partial charge is 0.478 e. The Bertz CT molecular complexity index is 1140. The van der Waals surface area contributed by atoms with E-state index in [9.17, 15) is 14.4 Å². The summed E-state index contributed by atoms with van der Waals surface area (Å²) in [6.07, 6.45) is 3.49. The fraction of sp³-hybridized carbons (Fsp3) is 0.393. The molecule has 3 aliphatic carbocycles. The number of carbonyl (C=O) groups excluding carboxylic acids is 2. The van der Waals surface area contributed by atoms with Crippen molar-refractivity contribution in [3.05, 3.63) is 71.3 Å². The lowest BCUT2D eigenvalue weighted by Crippen LogP contribution is -2.50. The van der Waals surface area contributed by atoms with Gasteiger partial charge in [0.25, 0.3) is 0 Å². The number of carboxylic acids is 1. The summed E-state index contributed by atoms with van der Waals surface area (Å²) in [5, 5.41) is 14.7. The lowest BCUT2D eigenvalue weighted by molar-refractivity contribution is -0.132. The molecule has 0 saturated heterocycles. The second-order valence-electron chi connectivity index (χ2n) is 9.84. The molecule has 0 bridgehead atoms. The van der Waals surface area contributed by atoms with Gasteiger partial charge in [0.1, 0.15) is 6.61 Å². The minimum Gasteiger partial charge on any atom is -0.478 e. The number of hydrogen-bond donors (Lipinski definition) is 3. The number of benzene rings is 2. The van der Waals surface area contributed by atoms with Crippen LogP contribution in [0.15, 0.2) is 60.2 Å². The second kappa shape index (κ2) is 9.56. The van der Waals surface area contributed by atoms with Crippen LogP contribution in [0.3, 0.4) is 0 Å². The van der Waals surface area contributed by atoms with Crippen LogP contribution in [0.4, 0.5) is 4.79 Å². The Morgan fingerprint density at radius 2 is 1.66 bits per heavy atom. The maximum Gasteiger partial charge on any atom is 0.407 e. The fourth-order valence-corrected chi connectivity index (χ4v) is 5.93. The van der Waals surface area contributed by atoms with E-state index < -0.39 is 12.1 Å². The van der Waals surface area contributed by atoms with Crippen molar-refractivity contribution < 1.29 is 24.2 Å². The van der Waals surface area contributed by atoms with Crippen LogP contribution in [0.25, 0.3) is 11.1 Å². The van der Waals surface area contributed by atoms with E-state index in [1.807, 2.05) is 24.3 Å². The molecular formula is C28H30N2O5. The first-order valence-corrected chi connectivity index (χ1v) is 12.2. The molecule has 0 spiro atoms. The third-order valence-electron chi connectivity index (χ3n) is 7.86. The maximum absolute atomic E-state index is 12.6. The molecule has 2 saturated carbocycles. The van der Waals surface area contributed by atoms with Crippen LogP contribution >= 0.6 is 0 Å². The molecule has 0 aromatic heterocycles. The number of nitrogens with one attached hydrogen (secondary N) is 2. The van der Waals surface area contributed by atoms with Crippen molar-refractivity contribution in [2.24, 2.45) is 17.8 Å². The van der Waals surface area contributed by atoms with Crippen LogP contribution in [0.1, 0.15) is 43.2 Å². The Morgan fingerprint density at radius 3 is 2.31 bits per heavy atom. The third kappa shape index (κ3) is 4.55. The molecule has 2 aromatic rings. The van der Waals surface area contributed by atoms with Gasteiger partial charge in [0, 0.05) is 30.0 Å². The maximum atomic E-state index is 12.6. The number of aliphatic carboxylic acids is 1. The van der Waals surface area contributed by atoms with E-state index >= 15 is 0 Å². The lowest BCUT2D eigenvalue weighted by Gasteiger charge is -2.40. The number of amides is 2. The highest BCUT2D eigenvalue weighted by molar-refractivity contribution is 5.86. The molecule has 35 heavy (non-hydrogen) atoms. The van der Waals surface area contributed by atoms with Crippen molar-refractivity contribution in [1.82, 2.24) is 10.6 Å². The van der Waals surface area contributed by atoms with Gasteiger partial charge < -0.3 is 20.5 Å². The standard InChI is InChI=1S/C28H30N2O5/c1-16(27(32)33)10-11-29-26(31)18-12-17-14-25(23(17)13-18)30-28(34)35-15-24-21-8-4-2-6-19(21)20-7-3-5-9-22(20)24/h2-10,17-18,23-25H,11-15H2,1H3,(H,29,31)(H,30,34)(H,32,33)/b16-10+/t17-,18?,23-,25+/m0/s1. The van der Waals surface area contributed by atoms with E-state index in [1.54, 1.807) is 0 Å². The normalized spacial score (nSPS) is 24.5. The molecule has 2 amide bonds. The van der Waals surface area contributed by atoms with Crippen molar-refractivity contribution in [3.63, 3.8) is 0 Å². The van der Waals surface area contributed by atoms with Crippen LogP contribution in [-0.2, 0) is 14.3 Å². The van der Waals surface area contributed by atoms with Crippen LogP contribution < -0.4 is 10.6 Å². The highest BCUT2D eigenvalue weighted by atomic mass is 16.5. The Morgan fingerprint density at radius 1 is 1.00 bits per heavy atom. The van der Waals surface area contributed by atoms with E-state index in [2.05, 4.69) is 34.9 Å². The third-order valence-corrected chi connectivity index (χ3v) is 7.86. The van der Waals surface area contributed by atoms with Gasteiger partial charge in [-0.25, -0.2) is 9.59 Å². The van der Waals surface area contributed by atoms with Crippen molar-refractivity contribution >= 4 is 18.0 Å². The molecule has 0 radical (unpaired) electrons. The van der Waals surface area contributed by atoms with Gasteiger partial charge in [0.05, 0.1) is 0 Å². The molecule has 3 aliphatic rings. The summed E-state index contributed by atoms with van der Waals surface area (Å²) in [6.45, 7) is 2.00. The van der Waals surface area contributed by atoms with E-state index in [0.29, 0.717) is 5.92 Å². The van der Waals surface area contributed by atoms with Gasteiger partial charge in [-0.05, 0) is 60.3 Å². The van der Waals surface area contributed by atoms with E-state index in [0.717, 1.165) is 19.3 Å². The van der Waals surface area contributed by atoms with Crippen LogP contribution in [0.2, 0.25) is 0 Å². The van der Waals surface area contributed by atoms with Gasteiger partial charge in [-0.2, -0.15) is 0 Å². The topological polar surface area (TPSA) is 105 Å². The van der Waals surface area contributed by atoms with Crippen molar-refractivity contribution in [1.29, 1.82) is 0 Å². The summed E-state index contributed by atoms with van der Waals surface area (Å²) in [5.41, 5.74) is 4.97. The minimum atomic E-state index is -0.986. The van der Waals surface area contributed by atoms with Gasteiger partial charge in [0.15, 0.2) is 0 Å². The summed E-state index contributed by atoms with van der Waals surface area (Å²) in [4.78, 5) is 36.0. The average molecular weight is 475 g/mol. The van der Waals surface area contributed by atoms with Gasteiger partial charge in [-0.15, -0.1) is 0 Å². The minimum absolute atomic E-state index is 0.0284.